The largest absolute Gasteiger partial charge is 0.497 e. The van der Waals surface area contributed by atoms with Crippen molar-refractivity contribution in [3.8, 4) is 5.75 Å². The summed E-state index contributed by atoms with van der Waals surface area (Å²) in [5.74, 6) is 0.477. The second kappa shape index (κ2) is 8.75. The zero-order valence-electron chi connectivity index (χ0n) is 13.3. The summed E-state index contributed by atoms with van der Waals surface area (Å²) in [5, 5.41) is 2.69. The minimum absolute atomic E-state index is 0.144. The number of carbonyl (C=O) groups excluding carboxylic acids is 1. The number of nitrogens with zero attached hydrogens (tertiary/aromatic N) is 1. The van der Waals surface area contributed by atoms with E-state index < -0.39 is 10.0 Å². The van der Waals surface area contributed by atoms with Crippen LogP contribution in [-0.4, -0.2) is 51.6 Å². The van der Waals surface area contributed by atoms with Gasteiger partial charge in [0.15, 0.2) is 0 Å². The van der Waals surface area contributed by atoms with Crippen LogP contribution in [-0.2, 0) is 21.2 Å². The third kappa shape index (κ3) is 6.44. The number of hydrogen-bond donors (Lipinski definition) is 1. The van der Waals surface area contributed by atoms with Crippen molar-refractivity contribution in [2.75, 3.05) is 33.0 Å². The Bertz CT molecular complexity index is 570. The third-order valence-corrected chi connectivity index (χ3v) is 4.42. The van der Waals surface area contributed by atoms with Crippen molar-refractivity contribution in [1.29, 1.82) is 0 Å². The Morgan fingerprint density at radius 3 is 2.41 bits per heavy atom. The summed E-state index contributed by atoms with van der Waals surface area (Å²) in [6, 6.07) is 7.43. The zero-order chi connectivity index (χ0) is 16.6. The van der Waals surface area contributed by atoms with Gasteiger partial charge in [0.05, 0.1) is 19.9 Å². The van der Waals surface area contributed by atoms with E-state index in [9.17, 15) is 13.2 Å². The Kier molecular flexibility index (Phi) is 7.34. The quantitative estimate of drug-likeness (QED) is 0.734. The Hall–Kier alpha value is -1.60. The topological polar surface area (TPSA) is 75.7 Å². The van der Waals surface area contributed by atoms with Crippen LogP contribution in [0.2, 0.25) is 0 Å². The van der Waals surface area contributed by atoms with Crippen molar-refractivity contribution >= 4 is 15.9 Å². The standard InChI is InChI=1S/C15H24N2O4S/c1-4-10-16-15(18)12-17(22(3,19)20)11-9-13-5-7-14(21-2)8-6-13/h5-8H,4,9-12H2,1-3H3,(H,16,18). The fourth-order valence-corrected chi connectivity index (χ4v) is 2.66. The molecule has 7 heteroatoms. The molecule has 0 aliphatic rings. The summed E-state index contributed by atoms with van der Waals surface area (Å²) in [6.07, 6.45) is 2.47. The molecule has 0 spiro atoms. The molecule has 6 nitrogen and oxygen atoms in total. The molecule has 0 radical (unpaired) electrons. The van der Waals surface area contributed by atoms with Gasteiger partial charge >= 0.3 is 0 Å². The van der Waals surface area contributed by atoms with Crippen LogP contribution in [0.1, 0.15) is 18.9 Å². The molecule has 0 aliphatic carbocycles. The van der Waals surface area contributed by atoms with Gasteiger partial charge < -0.3 is 10.1 Å². The molecule has 1 N–H and O–H groups in total. The maximum absolute atomic E-state index is 11.8. The van der Waals surface area contributed by atoms with Crippen molar-refractivity contribution in [1.82, 2.24) is 9.62 Å². The first kappa shape index (κ1) is 18.4. The van der Waals surface area contributed by atoms with Gasteiger partial charge in [0.25, 0.3) is 0 Å². The van der Waals surface area contributed by atoms with Crippen LogP contribution in [0, 0.1) is 0 Å². The molecular formula is C15H24N2O4S. The van der Waals surface area contributed by atoms with E-state index in [-0.39, 0.29) is 19.0 Å². The molecule has 1 aromatic rings. The molecule has 0 aromatic heterocycles. The molecule has 1 amide bonds. The van der Waals surface area contributed by atoms with Gasteiger partial charge in [-0.2, -0.15) is 4.31 Å². The van der Waals surface area contributed by atoms with Crippen molar-refractivity contribution < 1.29 is 17.9 Å². The van der Waals surface area contributed by atoms with Gasteiger partial charge in [-0.1, -0.05) is 19.1 Å². The second-order valence-electron chi connectivity index (χ2n) is 5.04. The number of rotatable bonds is 9. The van der Waals surface area contributed by atoms with Crippen LogP contribution in [0.5, 0.6) is 5.75 Å². The minimum Gasteiger partial charge on any atom is -0.497 e. The van der Waals surface area contributed by atoms with Crippen molar-refractivity contribution in [3.63, 3.8) is 0 Å². The monoisotopic (exact) mass is 328 g/mol. The van der Waals surface area contributed by atoms with Crippen molar-refractivity contribution in [2.45, 2.75) is 19.8 Å². The highest BCUT2D eigenvalue weighted by Crippen LogP contribution is 2.12. The number of hydrogen-bond acceptors (Lipinski definition) is 4. The molecule has 0 atom stereocenters. The average Bonchev–Trinajstić information content (AvgIpc) is 2.48. The highest BCUT2D eigenvalue weighted by Gasteiger charge is 2.19. The Balaban J connectivity index is 2.63. The van der Waals surface area contributed by atoms with Gasteiger partial charge in [-0.25, -0.2) is 8.42 Å². The maximum Gasteiger partial charge on any atom is 0.235 e. The van der Waals surface area contributed by atoms with Crippen LogP contribution in [0.3, 0.4) is 0 Å². The predicted molar refractivity (Wildman–Crippen MR) is 86.4 cm³/mol. The number of benzene rings is 1. The van der Waals surface area contributed by atoms with Crippen LogP contribution >= 0.6 is 0 Å². The van der Waals surface area contributed by atoms with Crippen molar-refractivity contribution in [3.05, 3.63) is 29.8 Å². The Labute approximate surface area is 132 Å². The smallest absolute Gasteiger partial charge is 0.235 e. The minimum atomic E-state index is -3.42. The molecule has 1 rings (SSSR count). The zero-order valence-corrected chi connectivity index (χ0v) is 14.1. The molecule has 0 aliphatic heterocycles. The summed E-state index contributed by atoms with van der Waals surface area (Å²) < 4.78 is 29.9. The van der Waals surface area contributed by atoms with Crippen LogP contribution in [0.4, 0.5) is 0 Å². The van der Waals surface area contributed by atoms with Gasteiger partial charge in [-0.05, 0) is 30.5 Å². The Morgan fingerprint density at radius 2 is 1.91 bits per heavy atom. The highest BCUT2D eigenvalue weighted by atomic mass is 32.2. The fourth-order valence-electron chi connectivity index (χ4n) is 1.89. The predicted octanol–water partition coefficient (Wildman–Crippen LogP) is 1.03. The first-order valence-corrected chi connectivity index (χ1v) is 9.06. The van der Waals surface area contributed by atoms with Crippen LogP contribution in [0.25, 0.3) is 0 Å². The van der Waals surface area contributed by atoms with E-state index >= 15 is 0 Å². The van der Waals surface area contributed by atoms with Gasteiger partial charge in [0, 0.05) is 13.1 Å². The molecule has 0 heterocycles. The fraction of sp³-hybridized carbons (Fsp3) is 0.533. The highest BCUT2D eigenvalue weighted by molar-refractivity contribution is 7.88. The van der Waals surface area contributed by atoms with Crippen molar-refractivity contribution in [2.24, 2.45) is 0 Å². The number of carbonyl (C=O) groups is 1. The normalized spacial score (nSPS) is 11.5. The summed E-state index contributed by atoms with van der Waals surface area (Å²) >= 11 is 0. The van der Waals surface area contributed by atoms with E-state index in [0.29, 0.717) is 13.0 Å². The van der Waals surface area contributed by atoms with Crippen LogP contribution in [0.15, 0.2) is 24.3 Å². The third-order valence-electron chi connectivity index (χ3n) is 3.17. The summed E-state index contributed by atoms with van der Waals surface area (Å²) in [4.78, 5) is 11.7. The lowest BCUT2D eigenvalue weighted by Gasteiger charge is -2.19. The van der Waals surface area contributed by atoms with E-state index in [1.165, 1.54) is 4.31 Å². The molecule has 1 aromatic carbocycles. The molecule has 0 fully saturated rings. The molecular weight excluding hydrogens is 304 g/mol. The van der Waals surface area contributed by atoms with E-state index in [1.54, 1.807) is 7.11 Å². The molecule has 0 saturated heterocycles. The van der Waals surface area contributed by atoms with Gasteiger partial charge in [0.1, 0.15) is 5.75 Å². The first-order chi connectivity index (χ1) is 10.4. The van der Waals surface area contributed by atoms with Gasteiger partial charge in [0.2, 0.25) is 15.9 Å². The first-order valence-electron chi connectivity index (χ1n) is 7.21. The molecule has 0 bridgehead atoms. The lowest BCUT2D eigenvalue weighted by molar-refractivity contribution is -0.121. The molecule has 0 unspecified atom stereocenters. The van der Waals surface area contributed by atoms with E-state index in [4.69, 9.17) is 4.74 Å². The lowest BCUT2D eigenvalue weighted by Crippen LogP contribution is -2.41. The number of nitrogens with one attached hydrogen (secondary N) is 1. The van der Waals surface area contributed by atoms with E-state index in [2.05, 4.69) is 5.32 Å². The van der Waals surface area contributed by atoms with Gasteiger partial charge in [-0.3, -0.25) is 4.79 Å². The summed E-state index contributed by atoms with van der Waals surface area (Å²) in [5.41, 5.74) is 0.989. The van der Waals surface area contributed by atoms with Gasteiger partial charge in [-0.15, -0.1) is 0 Å². The maximum atomic E-state index is 11.8. The summed E-state index contributed by atoms with van der Waals surface area (Å²) in [6.45, 7) is 2.62. The SMILES string of the molecule is CCCNC(=O)CN(CCc1ccc(OC)cc1)S(C)(=O)=O. The number of amides is 1. The average molecular weight is 328 g/mol. The van der Waals surface area contributed by atoms with E-state index in [1.807, 2.05) is 31.2 Å². The lowest BCUT2D eigenvalue weighted by atomic mass is 10.1. The molecule has 124 valence electrons. The molecule has 22 heavy (non-hydrogen) atoms. The number of sulfonamides is 1. The second-order valence-corrected chi connectivity index (χ2v) is 7.03. The van der Waals surface area contributed by atoms with Crippen LogP contribution < -0.4 is 10.1 Å². The summed E-state index contributed by atoms with van der Waals surface area (Å²) in [7, 11) is -1.83. The van der Waals surface area contributed by atoms with E-state index in [0.717, 1.165) is 24.0 Å². The number of ether oxygens (including phenoxy) is 1. The molecule has 0 saturated carbocycles. The number of methoxy groups -OCH3 is 1. The Morgan fingerprint density at radius 1 is 1.27 bits per heavy atom.